The second-order valence-corrected chi connectivity index (χ2v) is 15.2. The summed E-state index contributed by atoms with van der Waals surface area (Å²) in [5.41, 5.74) is 0. The Hall–Kier alpha value is -0.650. The predicted octanol–water partition coefficient (Wildman–Crippen LogP) is 11.9. The van der Waals surface area contributed by atoms with Crippen molar-refractivity contribution < 1.29 is 19.7 Å². The fraction of sp³-hybridized carbons (Fsp3) is 0.976. The summed E-state index contributed by atoms with van der Waals surface area (Å²) < 4.78 is 5.82. The van der Waals surface area contributed by atoms with Gasteiger partial charge in [-0.25, -0.2) is 0 Å². The summed E-state index contributed by atoms with van der Waals surface area (Å²) in [6.45, 7) is 4.89. The van der Waals surface area contributed by atoms with E-state index in [1.165, 1.54) is 186 Å². The molecule has 4 atom stereocenters. The van der Waals surface area contributed by atoms with Crippen molar-refractivity contribution in [1.29, 1.82) is 0 Å². The van der Waals surface area contributed by atoms with E-state index in [2.05, 4.69) is 19.2 Å². The predicted molar refractivity (Wildman–Crippen MR) is 202 cm³/mol. The molecule has 1 aliphatic heterocycles. The van der Waals surface area contributed by atoms with Crippen LogP contribution in [0.3, 0.4) is 0 Å². The van der Waals surface area contributed by atoms with Crippen LogP contribution in [-0.2, 0) is 9.53 Å². The van der Waals surface area contributed by atoms with Crippen molar-refractivity contribution >= 4 is 5.91 Å². The maximum absolute atomic E-state index is 12.5. The number of aliphatic hydroxyl groups excluding tert-OH is 2. The van der Waals surface area contributed by atoms with E-state index in [-0.39, 0.29) is 12.0 Å². The first-order valence-corrected chi connectivity index (χ1v) is 21.4. The Balaban J connectivity index is 1.88. The molecule has 47 heavy (non-hydrogen) atoms. The van der Waals surface area contributed by atoms with Gasteiger partial charge in [0.25, 0.3) is 0 Å². The molecule has 1 heterocycles. The first-order valence-electron chi connectivity index (χ1n) is 21.4. The van der Waals surface area contributed by atoms with Gasteiger partial charge in [0.1, 0.15) is 12.2 Å². The van der Waals surface area contributed by atoms with Gasteiger partial charge >= 0.3 is 0 Å². The smallest absolute Gasteiger partial charge is 0.249 e. The van der Waals surface area contributed by atoms with Gasteiger partial charge in [0, 0.05) is 0 Å². The van der Waals surface area contributed by atoms with Crippen molar-refractivity contribution in [2.24, 2.45) is 0 Å². The number of nitrogens with one attached hydrogen (secondary N) is 1. The number of amides is 1. The number of aliphatic hydroxyl groups is 2. The van der Waals surface area contributed by atoms with Gasteiger partial charge in [-0.15, -0.1) is 0 Å². The van der Waals surface area contributed by atoms with Gasteiger partial charge in [0.05, 0.1) is 18.8 Å². The standard InChI is InChI=1S/C42H83NO4/c1-3-5-7-9-11-13-15-17-18-19-20-21-22-23-24-25-27-29-31-33-35-39(44)42(46)43-38-37-47-40(41(38)45)36-34-32-30-28-26-16-14-12-10-8-6-4-2/h38-41,44-45H,3-37H2,1-2H3,(H,43,46)/t38-,39-,40-,41+/m1/s1. The number of rotatable bonds is 36. The fourth-order valence-corrected chi connectivity index (χ4v) is 7.25. The van der Waals surface area contributed by atoms with Gasteiger partial charge in [-0.3, -0.25) is 4.79 Å². The van der Waals surface area contributed by atoms with E-state index in [4.69, 9.17) is 4.74 Å². The zero-order valence-electron chi connectivity index (χ0n) is 31.8. The fourth-order valence-electron chi connectivity index (χ4n) is 7.25. The van der Waals surface area contributed by atoms with Crippen molar-refractivity contribution in [3.63, 3.8) is 0 Å². The topological polar surface area (TPSA) is 78.8 Å². The van der Waals surface area contributed by atoms with Crippen molar-refractivity contribution in [3.8, 4) is 0 Å². The normalized spacial score (nSPS) is 18.6. The Kier molecular flexibility index (Phi) is 31.9. The second kappa shape index (κ2) is 33.8. The lowest BCUT2D eigenvalue weighted by molar-refractivity contribution is -0.131. The maximum atomic E-state index is 12.5. The molecule has 0 bridgehead atoms. The van der Waals surface area contributed by atoms with Gasteiger partial charge in [0.15, 0.2) is 0 Å². The Labute approximate surface area is 293 Å². The van der Waals surface area contributed by atoms with Gasteiger partial charge in [-0.1, -0.05) is 219 Å². The largest absolute Gasteiger partial charge is 0.388 e. The average Bonchev–Trinajstić information content (AvgIpc) is 3.42. The summed E-state index contributed by atoms with van der Waals surface area (Å²) in [6.07, 6.45) is 42.1. The lowest BCUT2D eigenvalue weighted by Crippen LogP contribution is -2.48. The summed E-state index contributed by atoms with van der Waals surface area (Å²) in [5.74, 6) is -0.360. The van der Waals surface area contributed by atoms with Crippen LogP contribution in [0.5, 0.6) is 0 Å². The van der Waals surface area contributed by atoms with E-state index in [9.17, 15) is 15.0 Å². The molecule has 1 fully saturated rings. The number of carbonyl (C=O) groups excluding carboxylic acids is 1. The highest BCUT2D eigenvalue weighted by Crippen LogP contribution is 2.22. The average molecular weight is 666 g/mol. The molecule has 0 aromatic rings. The Morgan fingerprint density at radius 3 is 1.23 bits per heavy atom. The molecule has 5 heteroatoms. The van der Waals surface area contributed by atoms with Crippen LogP contribution in [0.25, 0.3) is 0 Å². The van der Waals surface area contributed by atoms with E-state index in [0.717, 1.165) is 25.7 Å². The summed E-state index contributed by atoms with van der Waals surface area (Å²) in [4.78, 5) is 12.5. The molecule has 0 aliphatic carbocycles. The number of hydrogen-bond donors (Lipinski definition) is 3. The zero-order chi connectivity index (χ0) is 34.0. The molecule has 0 radical (unpaired) electrons. The van der Waals surface area contributed by atoms with Crippen molar-refractivity contribution in [3.05, 3.63) is 0 Å². The van der Waals surface area contributed by atoms with E-state index in [1.54, 1.807) is 0 Å². The number of unbranched alkanes of at least 4 members (excludes halogenated alkanes) is 30. The van der Waals surface area contributed by atoms with E-state index >= 15 is 0 Å². The van der Waals surface area contributed by atoms with Crippen LogP contribution in [-0.4, -0.2) is 47.1 Å². The highest BCUT2D eigenvalue weighted by molar-refractivity contribution is 5.80. The highest BCUT2D eigenvalue weighted by atomic mass is 16.5. The molecule has 0 unspecified atom stereocenters. The molecule has 1 rings (SSSR count). The minimum Gasteiger partial charge on any atom is -0.388 e. The minimum atomic E-state index is -0.992. The monoisotopic (exact) mass is 666 g/mol. The Morgan fingerprint density at radius 2 is 0.872 bits per heavy atom. The molecule has 280 valence electrons. The number of ether oxygens (including phenoxy) is 1. The van der Waals surface area contributed by atoms with Crippen LogP contribution in [0.1, 0.15) is 232 Å². The van der Waals surface area contributed by atoms with Crippen molar-refractivity contribution in [2.75, 3.05) is 6.61 Å². The summed E-state index contributed by atoms with van der Waals surface area (Å²) in [7, 11) is 0. The summed E-state index contributed by atoms with van der Waals surface area (Å²) >= 11 is 0. The van der Waals surface area contributed by atoms with Crippen LogP contribution in [0, 0.1) is 0 Å². The van der Waals surface area contributed by atoms with Gasteiger partial charge in [-0.2, -0.15) is 0 Å². The summed E-state index contributed by atoms with van der Waals surface area (Å²) in [5, 5.41) is 23.9. The third-order valence-corrected chi connectivity index (χ3v) is 10.6. The van der Waals surface area contributed by atoms with E-state index in [1.807, 2.05) is 0 Å². The SMILES string of the molecule is CCCCCCCCCCCCCCCCCCCCCC[C@@H](O)C(=O)N[C@@H]1CO[C@H](CCCCCCCCCCCCCC)[C@H]1O. The Morgan fingerprint density at radius 1 is 0.553 bits per heavy atom. The number of carbonyl (C=O) groups is 1. The first kappa shape index (κ1) is 44.4. The molecule has 0 aromatic carbocycles. The van der Waals surface area contributed by atoms with Crippen LogP contribution in [0.2, 0.25) is 0 Å². The molecule has 0 spiro atoms. The lowest BCUT2D eigenvalue weighted by atomic mass is 10.0. The molecule has 0 aromatic heterocycles. The third kappa shape index (κ3) is 26.8. The zero-order valence-corrected chi connectivity index (χ0v) is 31.8. The van der Waals surface area contributed by atoms with Gasteiger partial charge in [-0.05, 0) is 12.8 Å². The van der Waals surface area contributed by atoms with Gasteiger partial charge in [0.2, 0.25) is 5.91 Å². The molecule has 1 amide bonds. The molecular weight excluding hydrogens is 582 g/mol. The molecule has 0 saturated carbocycles. The molecule has 5 nitrogen and oxygen atoms in total. The maximum Gasteiger partial charge on any atom is 0.249 e. The van der Waals surface area contributed by atoms with E-state index < -0.39 is 18.2 Å². The highest BCUT2D eigenvalue weighted by Gasteiger charge is 2.37. The van der Waals surface area contributed by atoms with Gasteiger partial charge < -0.3 is 20.3 Å². The minimum absolute atomic E-state index is 0.204. The molecular formula is C42H83NO4. The van der Waals surface area contributed by atoms with Crippen LogP contribution in [0.15, 0.2) is 0 Å². The lowest BCUT2D eigenvalue weighted by Gasteiger charge is -2.20. The van der Waals surface area contributed by atoms with Crippen molar-refractivity contribution in [1.82, 2.24) is 5.32 Å². The van der Waals surface area contributed by atoms with Crippen LogP contribution < -0.4 is 5.32 Å². The van der Waals surface area contributed by atoms with Crippen molar-refractivity contribution in [2.45, 2.75) is 257 Å². The number of hydrogen-bond acceptors (Lipinski definition) is 4. The molecule has 1 saturated heterocycles. The second-order valence-electron chi connectivity index (χ2n) is 15.2. The summed E-state index contributed by atoms with van der Waals surface area (Å²) in [6, 6.07) is -0.408. The molecule has 1 aliphatic rings. The first-order chi connectivity index (χ1) is 23.1. The third-order valence-electron chi connectivity index (χ3n) is 10.6. The Bertz CT molecular complexity index is 659. The van der Waals surface area contributed by atoms with Crippen LogP contribution >= 0.6 is 0 Å². The molecule has 3 N–H and O–H groups in total. The quantitative estimate of drug-likeness (QED) is 0.0582. The van der Waals surface area contributed by atoms with Crippen LogP contribution in [0.4, 0.5) is 0 Å². The van der Waals surface area contributed by atoms with E-state index in [0.29, 0.717) is 13.0 Å².